The molecule has 130 valence electrons. The van der Waals surface area contributed by atoms with Crippen molar-refractivity contribution in [1.29, 1.82) is 0 Å². The Hall–Kier alpha value is -1.01. The van der Waals surface area contributed by atoms with E-state index in [0.717, 1.165) is 29.5 Å². The Kier molecular flexibility index (Phi) is 6.96. The molecule has 1 heterocycles. The zero-order valence-electron chi connectivity index (χ0n) is 14.7. The third-order valence-corrected chi connectivity index (χ3v) is 5.71. The molecule has 0 aliphatic heterocycles. The highest BCUT2D eigenvalue weighted by Crippen LogP contribution is 2.24. The van der Waals surface area contributed by atoms with E-state index in [1.165, 1.54) is 31.0 Å². The number of aromatic nitrogens is 2. The molecule has 23 heavy (non-hydrogen) atoms. The molecule has 1 aromatic heterocycles. The van der Waals surface area contributed by atoms with Crippen molar-refractivity contribution in [3.63, 3.8) is 0 Å². The van der Waals surface area contributed by atoms with Crippen molar-refractivity contribution in [3.8, 4) is 0 Å². The highest BCUT2D eigenvalue weighted by molar-refractivity contribution is 7.99. The van der Waals surface area contributed by atoms with Crippen LogP contribution in [0, 0.1) is 19.8 Å². The lowest BCUT2D eigenvalue weighted by Gasteiger charge is -2.29. The van der Waals surface area contributed by atoms with E-state index in [-0.39, 0.29) is 5.91 Å². The van der Waals surface area contributed by atoms with E-state index in [4.69, 9.17) is 4.74 Å². The highest BCUT2D eigenvalue weighted by Gasteiger charge is 2.23. The molecule has 0 spiro atoms. The Labute approximate surface area is 143 Å². The van der Waals surface area contributed by atoms with Gasteiger partial charge in [0.15, 0.2) is 5.16 Å². The molecule has 0 aromatic carbocycles. The topological polar surface area (TPSA) is 56.1 Å². The van der Waals surface area contributed by atoms with Crippen LogP contribution in [0.2, 0.25) is 0 Å². The summed E-state index contributed by atoms with van der Waals surface area (Å²) in [5.41, 5.74) is 2.16. The van der Waals surface area contributed by atoms with Gasteiger partial charge < -0.3 is 14.6 Å². The number of aryl methyl sites for hydroxylation is 1. The molecule has 1 saturated carbocycles. The summed E-state index contributed by atoms with van der Waals surface area (Å²) >= 11 is 1.51. The van der Waals surface area contributed by atoms with Crippen LogP contribution in [0.15, 0.2) is 5.16 Å². The van der Waals surface area contributed by atoms with E-state index >= 15 is 0 Å². The van der Waals surface area contributed by atoms with Crippen molar-refractivity contribution >= 4 is 17.7 Å². The van der Waals surface area contributed by atoms with Gasteiger partial charge in [0.25, 0.3) is 0 Å². The Balaban J connectivity index is 1.89. The second kappa shape index (κ2) is 8.73. The molecule has 5 nitrogen and oxygen atoms in total. The first-order valence-corrected chi connectivity index (χ1v) is 9.46. The maximum atomic E-state index is 12.3. The molecule has 0 unspecified atom stereocenters. The molecule has 1 aliphatic carbocycles. The summed E-state index contributed by atoms with van der Waals surface area (Å²) in [4.78, 5) is 16.8. The second-order valence-corrected chi connectivity index (χ2v) is 7.38. The van der Waals surface area contributed by atoms with Crippen LogP contribution in [-0.2, 0) is 16.1 Å². The monoisotopic (exact) mass is 339 g/mol. The first-order valence-electron chi connectivity index (χ1n) is 8.47. The number of nitrogens with one attached hydrogen (secondary N) is 1. The van der Waals surface area contributed by atoms with Gasteiger partial charge in [0, 0.05) is 25.4 Å². The first-order chi connectivity index (χ1) is 11.0. The molecular weight excluding hydrogens is 310 g/mol. The fraction of sp³-hybridized carbons (Fsp3) is 0.765. The molecule has 2 atom stereocenters. The van der Waals surface area contributed by atoms with Crippen molar-refractivity contribution < 1.29 is 9.53 Å². The molecule has 6 heteroatoms. The lowest BCUT2D eigenvalue weighted by Crippen LogP contribution is -2.41. The molecule has 1 aromatic rings. The number of nitrogens with zero attached hydrogens (tertiary/aromatic N) is 2. The summed E-state index contributed by atoms with van der Waals surface area (Å²) in [6.45, 7) is 7.72. The van der Waals surface area contributed by atoms with Crippen molar-refractivity contribution in [1.82, 2.24) is 14.9 Å². The lowest BCUT2D eigenvalue weighted by atomic mass is 9.86. The van der Waals surface area contributed by atoms with Crippen LogP contribution >= 0.6 is 11.8 Å². The predicted molar refractivity (Wildman–Crippen MR) is 93.9 cm³/mol. The van der Waals surface area contributed by atoms with E-state index in [2.05, 4.69) is 28.7 Å². The van der Waals surface area contributed by atoms with E-state index in [9.17, 15) is 4.79 Å². The van der Waals surface area contributed by atoms with Gasteiger partial charge in [-0.15, -0.1) is 0 Å². The van der Waals surface area contributed by atoms with Gasteiger partial charge in [-0.1, -0.05) is 31.5 Å². The number of carbonyl (C=O) groups excluding carboxylic acids is 1. The normalized spacial score (nSPS) is 21.4. The number of amides is 1. The van der Waals surface area contributed by atoms with Gasteiger partial charge in [-0.3, -0.25) is 4.79 Å². The average molecular weight is 340 g/mol. The lowest BCUT2D eigenvalue weighted by molar-refractivity contribution is -0.119. The van der Waals surface area contributed by atoms with Gasteiger partial charge in [-0.25, -0.2) is 4.98 Å². The SMILES string of the molecule is COCCn1c(SCC(=O)N[C@@H]2CCCC[C@H]2C)nc(C)c1C. The Morgan fingerprint density at radius 2 is 2.13 bits per heavy atom. The number of methoxy groups -OCH3 is 1. The molecule has 1 amide bonds. The summed E-state index contributed by atoms with van der Waals surface area (Å²) in [7, 11) is 1.70. The Morgan fingerprint density at radius 3 is 2.83 bits per heavy atom. The van der Waals surface area contributed by atoms with Crippen molar-refractivity contribution in [2.75, 3.05) is 19.5 Å². The smallest absolute Gasteiger partial charge is 0.230 e. The molecular formula is C17H29N3O2S. The summed E-state index contributed by atoms with van der Waals surface area (Å²) in [5, 5.41) is 4.11. The number of ether oxygens (including phenoxy) is 1. The fourth-order valence-corrected chi connectivity index (χ4v) is 4.02. The number of hydrogen-bond donors (Lipinski definition) is 1. The maximum absolute atomic E-state index is 12.3. The Bertz CT molecular complexity index is 530. The highest BCUT2D eigenvalue weighted by atomic mass is 32.2. The molecule has 0 radical (unpaired) electrons. The molecule has 1 aliphatic rings. The third-order valence-electron chi connectivity index (χ3n) is 4.73. The average Bonchev–Trinajstić information content (AvgIpc) is 2.80. The van der Waals surface area contributed by atoms with E-state index < -0.39 is 0 Å². The predicted octanol–water partition coefficient (Wildman–Crippen LogP) is 2.93. The first kappa shape index (κ1) is 18.3. The van der Waals surface area contributed by atoms with Crippen LogP contribution in [0.25, 0.3) is 0 Å². The number of thioether (sulfide) groups is 1. The van der Waals surface area contributed by atoms with Crippen LogP contribution in [-0.4, -0.2) is 41.0 Å². The van der Waals surface area contributed by atoms with Gasteiger partial charge in [0.1, 0.15) is 0 Å². The van der Waals surface area contributed by atoms with Gasteiger partial charge in [-0.05, 0) is 32.6 Å². The van der Waals surface area contributed by atoms with Crippen LogP contribution in [0.4, 0.5) is 0 Å². The zero-order valence-corrected chi connectivity index (χ0v) is 15.5. The van der Waals surface area contributed by atoms with Crippen molar-refractivity contribution in [3.05, 3.63) is 11.4 Å². The quantitative estimate of drug-likeness (QED) is 0.776. The molecule has 0 saturated heterocycles. The minimum absolute atomic E-state index is 0.116. The molecule has 2 rings (SSSR count). The molecule has 1 N–H and O–H groups in total. The minimum atomic E-state index is 0.116. The molecule has 0 bridgehead atoms. The zero-order chi connectivity index (χ0) is 16.8. The maximum Gasteiger partial charge on any atom is 0.230 e. The van der Waals surface area contributed by atoms with Gasteiger partial charge in [0.2, 0.25) is 5.91 Å². The summed E-state index contributed by atoms with van der Waals surface area (Å²) < 4.78 is 7.30. The number of imidazole rings is 1. The molecule has 1 fully saturated rings. The summed E-state index contributed by atoms with van der Waals surface area (Å²) in [5.74, 6) is 1.13. The number of hydrogen-bond acceptors (Lipinski definition) is 4. The Morgan fingerprint density at radius 1 is 1.39 bits per heavy atom. The fourth-order valence-electron chi connectivity index (χ4n) is 3.09. The van der Waals surface area contributed by atoms with Gasteiger partial charge in [-0.2, -0.15) is 0 Å². The third kappa shape index (κ3) is 4.98. The van der Waals surface area contributed by atoms with Crippen LogP contribution in [0.1, 0.15) is 44.0 Å². The van der Waals surface area contributed by atoms with Crippen LogP contribution in [0.5, 0.6) is 0 Å². The van der Waals surface area contributed by atoms with E-state index in [0.29, 0.717) is 24.3 Å². The van der Waals surface area contributed by atoms with Gasteiger partial charge in [0.05, 0.1) is 18.1 Å². The van der Waals surface area contributed by atoms with Crippen molar-refractivity contribution in [2.24, 2.45) is 5.92 Å². The number of carbonyl (C=O) groups is 1. The summed E-state index contributed by atoms with van der Waals surface area (Å²) in [6, 6.07) is 0.341. The van der Waals surface area contributed by atoms with Crippen LogP contribution in [0.3, 0.4) is 0 Å². The van der Waals surface area contributed by atoms with Crippen molar-refractivity contribution in [2.45, 2.75) is 64.2 Å². The summed E-state index contributed by atoms with van der Waals surface area (Å²) in [6.07, 6.45) is 4.84. The van der Waals surface area contributed by atoms with Gasteiger partial charge >= 0.3 is 0 Å². The second-order valence-electron chi connectivity index (χ2n) is 6.43. The number of rotatable bonds is 7. The minimum Gasteiger partial charge on any atom is -0.383 e. The van der Waals surface area contributed by atoms with E-state index in [1.807, 2.05) is 6.92 Å². The standard InChI is InChI=1S/C17H29N3O2S/c1-12-7-5-6-8-15(12)19-16(21)11-23-17-18-13(2)14(3)20(17)9-10-22-4/h12,15H,5-11H2,1-4H3,(H,19,21)/t12-,15-/m1/s1. The van der Waals surface area contributed by atoms with Crippen LogP contribution < -0.4 is 5.32 Å². The largest absolute Gasteiger partial charge is 0.383 e. The van der Waals surface area contributed by atoms with E-state index in [1.54, 1.807) is 7.11 Å².